The molecule has 0 aromatic heterocycles. The Kier molecular flexibility index (Phi) is 8.89. The van der Waals surface area contributed by atoms with Gasteiger partial charge in [0.05, 0.1) is 24.7 Å². The first kappa shape index (κ1) is 30.4. The number of esters is 1. The highest BCUT2D eigenvalue weighted by Crippen LogP contribution is 2.64. The Morgan fingerprint density at radius 1 is 1.21 bits per heavy atom. The summed E-state index contributed by atoms with van der Waals surface area (Å²) in [5.74, 6) is -2.58. The van der Waals surface area contributed by atoms with Gasteiger partial charge < -0.3 is 24.4 Å². The van der Waals surface area contributed by atoms with Gasteiger partial charge in [-0.25, -0.2) is 0 Å². The molecule has 2 unspecified atom stereocenters. The average Bonchev–Trinajstić information content (AvgIpc) is 3.42. The molecule has 8 nitrogen and oxygen atoms in total. The molecule has 0 aliphatic carbocycles. The van der Waals surface area contributed by atoms with Crippen molar-refractivity contribution in [3.8, 4) is 0 Å². The summed E-state index contributed by atoms with van der Waals surface area (Å²) in [6.45, 7) is 20.3. The first-order valence-corrected chi connectivity index (χ1v) is 14.1. The van der Waals surface area contributed by atoms with Crippen LogP contribution >= 0.6 is 0 Å². The monoisotopic (exact) mass is 532 g/mol. The highest BCUT2D eigenvalue weighted by atomic mass is 16.6. The summed E-state index contributed by atoms with van der Waals surface area (Å²) in [4.78, 5) is 45.3. The fourth-order valence-electron chi connectivity index (χ4n) is 7.50. The summed E-state index contributed by atoms with van der Waals surface area (Å²) >= 11 is 0. The minimum Gasteiger partial charge on any atom is -0.465 e. The van der Waals surface area contributed by atoms with Gasteiger partial charge in [0.15, 0.2) is 0 Å². The number of amides is 2. The van der Waals surface area contributed by atoms with E-state index in [0.717, 1.165) is 12.8 Å². The third kappa shape index (κ3) is 5.18. The Bertz CT molecular complexity index is 940. The van der Waals surface area contributed by atoms with Crippen molar-refractivity contribution in [3.63, 3.8) is 0 Å². The van der Waals surface area contributed by atoms with Crippen LogP contribution in [0.1, 0.15) is 80.1 Å². The molecule has 2 bridgehead atoms. The molecule has 1 spiro atoms. The number of nitrogens with zero attached hydrogens (tertiary/aromatic N) is 2. The number of allylic oxidation sites excluding steroid dienone is 1. The van der Waals surface area contributed by atoms with E-state index >= 15 is 0 Å². The number of fused-ring (bicyclic) bond motifs is 1. The van der Waals surface area contributed by atoms with E-state index < -0.39 is 40.6 Å². The van der Waals surface area contributed by atoms with Gasteiger partial charge in [0.2, 0.25) is 11.8 Å². The number of hydrogen-bond acceptors (Lipinski definition) is 6. The van der Waals surface area contributed by atoms with Crippen molar-refractivity contribution in [1.29, 1.82) is 0 Å². The van der Waals surface area contributed by atoms with E-state index in [1.54, 1.807) is 17.1 Å². The lowest BCUT2D eigenvalue weighted by molar-refractivity contribution is -0.163. The molecule has 0 aromatic rings. The van der Waals surface area contributed by atoms with E-state index in [1.165, 1.54) is 4.90 Å². The van der Waals surface area contributed by atoms with Gasteiger partial charge in [-0.1, -0.05) is 39.8 Å². The largest absolute Gasteiger partial charge is 0.465 e. The van der Waals surface area contributed by atoms with Crippen LogP contribution in [0.25, 0.3) is 0 Å². The minimum atomic E-state index is -1.14. The maximum Gasteiger partial charge on any atom is 0.312 e. The van der Waals surface area contributed by atoms with Crippen LogP contribution in [-0.4, -0.2) is 81.8 Å². The Morgan fingerprint density at radius 2 is 1.89 bits per heavy atom. The molecule has 8 heteroatoms. The maximum atomic E-state index is 14.5. The highest BCUT2D eigenvalue weighted by molar-refractivity contribution is 5.98. The zero-order valence-corrected chi connectivity index (χ0v) is 24.3. The fraction of sp³-hybridized carbons (Fsp3) is 0.767. The predicted molar refractivity (Wildman–Crippen MR) is 146 cm³/mol. The van der Waals surface area contributed by atoms with E-state index in [4.69, 9.17) is 9.47 Å². The second-order valence-electron chi connectivity index (χ2n) is 13.0. The number of aliphatic hydroxyl groups is 1. The zero-order valence-electron chi connectivity index (χ0n) is 24.3. The van der Waals surface area contributed by atoms with Crippen LogP contribution in [0.2, 0.25) is 0 Å². The van der Waals surface area contributed by atoms with E-state index in [2.05, 4.69) is 33.9 Å². The van der Waals surface area contributed by atoms with Crippen LogP contribution in [0.15, 0.2) is 25.3 Å². The molecule has 3 aliphatic heterocycles. The summed E-state index contributed by atoms with van der Waals surface area (Å²) in [6.07, 6.45) is 7.20. The van der Waals surface area contributed by atoms with Crippen LogP contribution in [-0.2, 0) is 23.9 Å². The number of likely N-dealkylation sites (tertiary alicyclic amines) is 1. The second-order valence-corrected chi connectivity index (χ2v) is 13.0. The Hall–Kier alpha value is -2.19. The number of unbranched alkanes of at least 4 members (excludes halogenated alkanes) is 1. The number of carbonyl (C=O) groups excluding carboxylic acids is 3. The Labute approximate surface area is 228 Å². The average molecular weight is 533 g/mol. The second kappa shape index (κ2) is 11.1. The van der Waals surface area contributed by atoms with Gasteiger partial charge in [-0.2, -0.15) is 0 Å². The van der Waals surface area contributed by atoms with Gasteiger partial charge in [0, 0.05) is 18.6 Å². The summed E-state index contributed by atoms with van der Waals surface area (Å²) in [5, 5.41) is 9.89. The van der Waals surface area contributed by atoms with Crippen molar-refractivity contribution >= 4 is 17.8 Å². The molecular weight excluding hydrogens is 484 g/mol. The van der Waals surface area contributed by atoms with Crippen LogP contribution in [0.5, 0.6) is 0 Å². The third-order valence-electron chi connectivity index (χ3n) is 8.58. The van der Waals surface area contributed by atoms with Crippen molar-refractivity contribution in [2.24, 2.45) is 17.3 Å². The number of carbonyl (C=O) groups is 3. The summed E-state index contributed by atoms with van der Waals surface area (Å²) in [6, 6.07) is -0.932. The summed E-state index contributed by atoms with van der Waals surface area (Å²) in [5.41, 5.74) is -2.56. The molecule has 0 saturated carbocycles. The quantitative estimate of drug-likeness (QED) is 0.220. The van der Waals surface area contributed by atoms with Crippen LogP contribution < -0.4 is 0 Å². The third-order valence-corrected chi connectivity index (χ3v) is 8.58. The number of aliphatic hydroxyl groups excluding tert-OH is 1. The molecule has 0 aromatic carbocycles. The van der Waals surface area contributed by atoms with Crippen LogP contribution in [0.3, 0.4) is 0 Å². The highest BCUT2D eigenvalue weighted by Gasteiger charge is 2.79. The molecule has 3 rings (SSSR count). The number of rotatable bonds is 13. The molecule has 3 fully saturated rings. The Morgan fingerprint density at radius 3 is 2.45 bits per heavy atom. The van der Waals surface area contributed by atoms with E-state index in [1.807, 2.05) is 20.8 Å². The van der Waals surface area contributed by atoms with Gasteiger partial charge in [0.1, 0.15) is 17.6 Å². The molecule has 3 saturated heterocycles. The lowest BCUT2D eigenvalue weighted by Crippen LogP contribution is -2.61. The first-order chi connectivity index (χ1) is 17.7. The minimum absolute atomic E-state index is 0.00128. The molecule has 2 amide bonds. The fourth-order valence-corrected chi connectivity index (χ4v) is 7.50. The zero-order chi connectivity index (χ0) is 28.5. The Balaban J connectivity index is 2.05. The van der Waals surface area contributed by atoms with Crippen molar-refractivity contribution in [2.75, 3.05) is 26.3 Å². The van der Waals surface area contributed by atoms with E-state index in [9.17, 15) is 19.5 Å². The standard InChI is InChI=1S/C30H48N2O6/c1-9-12-13-19-37-26(36)22-21-24(34)31(17-18-33)23(30(21)15-14-29(22,11-3)38-30)25(35)32(16-10-2)28(7,8)20-27(4,5)6/h9-10,21-23,33H,1-2,11-20H2,3-8H3/t21-,22+,23?,29-,30?/m0/s1. The SMILES string of the molecule is C=CCCCOC(=O)[C@H]1[C@H]2C(=O)N(CCO)C(C(=O)N(CC=C)C(C)(C)CC(C)(C)C)C23CC[C@]1(CC)O3. The molecule has 38 heavy (non-hydrogen) atoms. The number of β-amino-alcohol motifs (C(OH)–C–C–N with tert-alkyl or cyclic N) is 1. The van der Waals surface area contributed by atoms with E-state index in [0.29, 0.717) is 32.2 Å². The lowest BCUT2D eigenvalue weighted by atomic mass is 9.65. The molecule has 3 heterocycles. The van der Waals surface area contributed by atoms with Crippen molar-refractivity contribution < 1.29 is 29.0 Å². The van der Waals surface area contributed by atoms with Gasteiger partial charge in [0.25, 0.3) is 0 Å². The normalized spacial score (nSPS) is 30.3. The van der Waals surface area contributed by atoms with Crippen molar-refractivity contribution in [2.45, 2.75) is 103 Å². The topological polar surface area (TPSA) is 96.4 Å². The van der Waals surface area contributed by atoms with Crippen molar-refractivity contribution in [3.05, 3.63) is 25.3 Å². The molecule has 1 N–H and O–H groups in total. The van der Waals surface area contributed by atoms with Crippen molar-refractivity contribution in [1.82, 2.24) is 9.80 Å². The predicted octanol–water partition coefficient (Wildman–Crippen LogP) is 3.87. The smallest absolute Gasteiger partial charge is 0.312 e. The van der Waals surface area contributed by atoms with Crippen LogP contribution in [0, 0.1) is 17.3 Å². The lowest BCUT2D eigenvalue weighted by Gasteiger charge is -2.45. The molecule has 3 aliphatic rings. The number of ether oxygens (including phenoxy) is 2. The van der Waals surface area contributed by atoms with Gasteiger partial charge in [-0.05, 0) is 57.8 Å². The summed E-state index contributed by atoms with van der Waals surface area (Å²) in [7, 11) is 0. The van der Waals surface area contributed by atoms with E-state index in [-0.39, 0.29) is 37.0 Å². The van der Waals surface area contributed by atoms with Gasteiger partial charge in [-0.15, -0.1) is 13.2 Å². The number of hydrogen-bond donors (Lipinski definition) is 1. The molecule has 5 atom stereocenters. The van der Waals surface area contributed by atoms with Crippen LogP contribution in [0.4, 0.5) is 0 Å². The van der Waals surface area contributed by atoms with Gasteiger partial charge >= 0.3 is 5.97 Å². The molecule has 0 radical (unpaired) electrons. The van der Waals surface area contributed by atoms with Gasteiger partial charge in [-0.3, -0.25) is 14.4 Å². The molecular formula is C30H48N2O6. The first-order valence-electron chi connectivity index (χ1n) is 14.1. The maximum absolute atomic E-state index is 14.5. The summed E-state index contributed by atoms with van der Waals surface area (Å²) < 4.78 is 12.4. The molecule has 214 valence electrons.